The van der Waals surface area contributed by atoms with Gasteiger partial charge >= 0.3 is 5.97 Å². The molecule has 3 heterocycles. The zero-order chi connectivity index (χ0) is 17.4. The van der Waals surface area contributed by atoms with Crippen molar-refractivity contribution in [3.63, 3.8) is 0 Å². The van der Waals surface area contributed by atoms with Gasteiger partial charge < -0.3 is 24.0 Å². The third-order valence-corrected chi connectivity index (χ3v) is 3.92. The van der Waals surface area contributed by atoms with Crippen LogP contribution in [0.2, 0.25) is 0 Å². The van der Waals surface area contributed by atoms with Crippen LogP contribution in [-0.4, -0.2) is 41.0 Å². The smallest absolute Gasteiger partial charge is 0.337 e. The van der Waals surface area contributed by atoms with Gasteiger partial charge in [0.25, 0.3) is 5.88 Å². The predicted octanol–water partition coefficient (Wildman–Crippen LogP) is 2.85. The fraction of sp³-hybridized carbons (Fsp3) is 0.235. The van der Waals surface area contributed by atoms with Crippen molar-refractivity contribution in [2.24, 2.45) is 0 Å². The van der Waals surface area contributed by atoms with Gasteiger partial charge in [0, 0.05) is 24.0 Å². The Bertz CT molecular complexity index is 953. The van der Waals surface area contributed by atoms with Gasteiger partial charge in [0.15, 0.2) is 17.2 Å². The molecule has 0 spiro atoms. The molecule has 128 valence electrons. The summed E-state index contributed by atoms with van der Waals surface area (Å²) in [6.45, 7) is 3.41. The maximum atomic E-state index is 11.1. The summed E-state index contributed by atoms with van der Waals surface area (Å²) in [6, 6.07) is 7.14. The Balaban J connectivity index is 1.73. The summed E-state index contributed by atoms with van der Waals surface area (Å²) in [7, 11) is 0. The predicted molar refractivity (Wildman–Crippen MR) is 88.9 cm³/mol. The van der Waals surface area contributed by atoms with E-state index in [-0.39, 0.29) is 5.56 Å². The average Bonchev–Trinajstić information content (AvgIpc) is 3.03. The summed E-state index contributed by atoms with van der Waals surface area (Å²) in [4.78, 5) is 17.3. The quantitative estimate of drug-likeness (QED) is 0.773. The number of hydrogen-bond acceptors (Lipinski definition) is 7. The largest absolute Gasteiger partial charge is 0.488 e. The van der Waals surface area contributed by atoms with Gasteiger partial charge in [-0.05, 0) is 24.2 Å². The molecule has 0 atom stereocenters. The topological polar surface area (TPSA) is 97.9 Å². The number of benzene rings is 1. The van der Waals surface area contributed by atoms with Gasteiger partial charge in [-0.25, -0.2) is 9.78 Å². The van der Waals surface area contributed by atoms with Crippen molar-refractivity contribution in [2.45, 2.75) is 6.92 Å². The Morgan fingerprint density at radius 3 is 3.08 bits per heavy atom. The number of ether oxygens (including phenoxy) is 2. The lowest BCUT2D eigenvalue weighted by atomic mass is 10.2. The van der Waals surface area contributed by atoms with Crippen molar-refractivity contribution in [1.82, 2.24) is 10.1 Å². The maximum Gasteiger partial charge on any atom is 0.337 e. The second-order valence-corrected chi connectivity index (χ2v) is 5.45. The van der Waals surface area contributed by atoms with Crippen LogP contribution in [0.3, 0.4) is 0 Å². The lowest BCUT2D eigenvalue weighted by Crippen LogP contribution is -2.29. The Morgan fingerprint density at radius 1 is 1.40 bits per heavy atom. The molecule has 25 heavy (non-hydrogen) atoms. The lowest BCUT2D eigenvalue weighted by Gasteiger charge is -2.30. The van der Waals surface area contributed by atoms with Crippen LogP contribution >= 0.6 is 0 Å². The van der Waals surface area contributed by atoms with Gasteiger partial charge in [0.05, 0.1) is 24.1 Å². The number of carboxylic acids is 1. The van der Waals surface area contributed by atoms with E-state index in [0.29, 0.717) is 42.8 Å². The van der Waals surface area contributed by atoms with E-state index in [2.05, 4.69) is 10.1 Å². The first-order valence-electron chi connectivity index (χ1n) is 7.83. The molecule has 1 N–H and O–H groups in total. The third-order valence-electron chi connectivity index (χ3n) is 3.92. The average molecular weight is 341 g/mol. The highest BCUT2D eigenvalue weighted by molar-refractivity contribution is 5.89. The van der Waals surface area contributed by atoms with Crippen LogP contribution in [-0.2, 0) is 0 Å². The second-order valence-electron chi connectivity index (χ2n) is 5.45. The van der Waals surface area contributed by atoms with Crippen LogP contribution in [0, 0.1) is 0 Å². The van der Waals surface area contributed by atoms with E-state index in [9.17, 15) is 4.79 Å². The number of anilines is 2. The van der Waals surface area contributed by atoms with E-state index in [4.69, 9.17) is 19.1 Å². The minimum Gasteiger partial charge on any atom is -0.488 e. The molecule has 0 saturated heterocycles. The molecule has 1 aliphatic rings. The van der Waals surface area contributed by atoms with Crippen molar-refractivity contribution < 1.29 is 23.9 Å². The van der Waals surface area contributed by atoms with E-state index in [0.717, 1.165) is 11.1 Å². The molecular formula is C17H15N3O5. The minimum absolute atomic E-state index is 0.0904. The Hall–Kier alpha value is -3.29. The molecule has 0 aliphatic carbocycles. The highest BCUT2D eigenvalue weighted by atomic mass is 16.5. The summed E-state index contributed by atoms with van der Waals surface area (Å²) < 4.78 is 16.3. The van der Waals surface area contributed by atoms with Crippen molar-refractivity contribution in [3.8, 4) is 11.6 Å². The molecule has 0 amide bonds. The molecule has 0 fully saturated rings. The first-order valence-corrected chi connectivity index (χ1v) is 7.83. The molecule has 0 radical (unpaired) electrons. The molecule has 8 nitrogen and oxygen atoms in total. The molecular weight excluding hydrogens is 326 g/mol. The van der Waals surface area contributed by atoms with Crippen molar-refractivity contribution in [2.75, 3.05) is 24.7 Å². The molecule has 0 unspecified atom stereocenters. The fourth-order valence-electron chi connectivity index (χ4n) is 2.78. The Morgan fingerprint density at radius 2 is 2.28 bits per heavy atom. The van der Waals surface area contributed by atoms with Gasteiger partial charge in [-0.15, -0.1) is 0 Å². The zero-order valence-electron chi connectivity index (χ0n) is 13.4. The fourth-order valence-corrected chi connectivity index (χ4v) is 2.78. The highest BCUT2D eigenvalue weighted by Crippen LogP contribution is 2.37. The number of aromatic nitrogens is 2. The van der Waals surface area contributed by atoms with E-state index in [1.165, 1.54) is 12.3 Å². The lowest BCUT2D eigenvalue weighted by molar-refractivity contribution is 0.0696. The van der Waals surface area contributed by atoms with Crippen LogP contribution < -0.4 is 14.4 Å². The highest BCUT2D eigenvalue weighted by Gasteiger charge is 2.23. The van der Waals surface area contributed by atoms with Gasteiger partial charge in [-0.3, -0.25) is 0 Å². The second kappa shape index (κ2) is 5.97. The molecule has 1 aliphatic heterocycles. The Labute approximate surface area is 142 Å². The molecule has 8 heteroatoms. The van der Waals surface area contributed by atoms with E-state index in [1.54, 1.807) is 0 Å². The zero-order valence-corrected chi connectivity index (χ0v) is 13.4. The van der Waals surface area contributed by atoms with Gasteiger partial charge in [0.2, 0.25) is 0 Å². The normalized spacial score (nSPS) is 13.4. The number of carbonyl (C=O) groups is 1. The van der Waals surface area contributed by atoms with Gasteiger partial charge in [-0.1, -0.05) is 0 Å². The van der Waals surface area contributed by atoms with Crippen molar-refractivity contribution in [3.05, 3.63) is 36.0 Å². The van der Waals surface area contributed by atoms with Crippen LogP contribution in [0.4, 0.5) is 11.5 Å². The number of rotatable bonds is 4. The summed E-state index contributed by atoms with van der Waals surface area (Å²) in [5.74, 6) is 0.442. The van der Waals surface area contributed by atoms with Crippen molar-refractivity contribution >= 4 is 28.4 Å². The van der Waals surface area contributed by atoms with Crippen LogP contribution in [0.1, 0.15) is 17.3 Å². The van der Waals surface area contributed by atoms with Crippen LogP contribution in [0.15, 0.2) is 35.0 Å². The summed E-state index contributed by atoms with van der Waals surface area (Å²) in [5, 5.41) is 13.8. The molecule has 4 rings (SSSR count). The number of fused-ring (bicyclic) bond motifs is 2. The first kappa shape index (κ1) is 15.3. The van der Waals surface area contributed by atoms with E-state index >= 15 is 0 Å². The maximum absolute atomic E-state index is 11.1. The molecule has 0 bridgehead atoms. The number of nitrogens with zero attached hydrogens (tertiary/aromatic N) is 3. The molecule has 0 saturated carbocycles. The number of aromatic carboxylic acids is 1. The molecule has 3 aromatic rings. The number of hydrogen-bond donors (Lipinski definition) is 1. The minimum atomic E-state index is -1.04. The van der Waals surface area contributed by atoms with Gasteiger partial charge in [-0.2, -0.15) is 0 Å². The number of carboxylic acid groups (broad SMARTS) is 1. The van der Waals surface area contributed by atoms with Crippen LogP contribution in [0.5, 0.6) is 11.6 Å². The van der Waals surface area contributed by atoms with Crippen LogP contribution in [0.25, 0.3) is 11.0 Å². The first-order chi connectivity index (χ1) is 12.2. The van der Waals surface area contributed by atoms with Crippen molar-refractivity contribution in [1.29, 1.82) is 0 Å². The Kier molecular flexibility index (Phi) is 3.64. The SMILES string of the molecule is CCOc1noc2cc(N3CCOc4cc(C(=O)O)cnc43)ccc12. The summed E-state index contributed by atoms with van der Waals surface area (Å²) in [6.07, 6.45) is 1.32. The number of pyridine rings is 1. The van der Waals surface area contributed by atoms with E-state index in [1.807, 2.05) is 30.0 Å². The summed E-state index contributed by atoms with van der Waals surface area (Å²) >= 11 is 0. The third kappa shape index (κ3) is 2.61. The van der Waals surface area contributed by atoms with Gasteiger partial charge in [0.1, 0.15) is 6.61 Å². The summed E-state index contributed by atoms with van der Waals surface area (Å²) in [5.41, 5.74) is 1.55. The monoisotopic (exact) mass is 341 g/mol. The molecule has 2 aromatic heterocycles. The van der Waals surface area contributed by atoms with E-state index < -0.39 is 5.97 Å². The standard InChI is InChI=1S/C17H15N3O5/c1-2-23-16-12-4-3-11(8-13(12)25-19-16)20-5-6-24-14-7-10(17(21)22)9-18-15(14)20/h3-4,7-9H,2,5-6H2,1H3,(H,21,22). The molecule has 1 aromatic carbocycles.